The molecule has 7 heteroatoms. The lowest BCUT2D eigenvalue weighted by Crippen LogP contribution is -2.41. The van der Waals surface area contributed by atoms with E-state index in [1.54, 1.807) is 0 Å². The van der Waals surface area contributed by atoms with E-state index in [1.165, 1.54) is 18.1 Å². The second-order valence-electron chi connectivity index (χ2n) is 5.46. The van der Waals surface area contributed by atoms with Crippen molar-refractivity contribution in [3.63, 3.8) is 0 Å². The van der Waals surface area contributed by atoms with E-state index in [4.69, 9.17) is 11.6 Å². The average Bonchev–Trinajstić information content (AvgIpc) is 2.36. The molecule has 0 saturated carbocycles. The lowest BCUT2D eigenvalue weighted by molar-refractivity contribution is -0.122. The van der Waals surface area contributed by atoms with Crippen LogP contribution >= 0.6 is 11.6 Å². The molecule has 2 amide bonds. The van der Waals surface area contributed by atoms with E-state index in [0.29, 0.717) is 5.82 Å². The smallest absolute Gasteiger partial charge is 0.274 e. The number of nitrogens with one attached hydrogen (secondary N) is 1. The van der Waals surface area contributed by atoms with Crippen LogP contribution in [0.4, 0.5) is 0 Å². The fraction of sp³-hybridized carbons (Fsp3) is 0.571. The number of nitrogens with zero attached hydrogens (tertiary/aromatic N) is 3. The van der Waals surface area contributed by atoms with E-state index in [-0.39, 0.29) is 35.1 Å². The molecule has 6 nitrogen and oxygen atoms in total. The molecule has 0 fully saturated rings. The van der Waals surface area contributed by atoms with Crippen molar-refractivity contribution in [3.05, 3.63) is 22.7 Å². The highest BCUT2D eigenvalue weighted by Crippen LogP contribution is 2.17. The highest BCUT2D eigenvalue weighted by atomic mass is 35.5. The molecule has 0 aromatic carbocycles. The monoisotopic (exact) mass is 312 g/mol. The number of aromatic nitrogens is 2. The van der Waals surface area contributed by atoms with E-state index >= 15 is 0 Å². The van der Waals surface area contributed by atoms with Crippen LogP contribution in [0.25, 0.3) is 0 Å². The Kier molecular flexibility index (Phi) is 6.08. The van der Waals surface area contributed by atoms with Gasteiger partial charge in [-0.15, -0.1) is 0 Å². The summed E-state index contributed by atoms with van der Waals surface area (Å²) in [4.78, 5) is 33.6. The van der Waals surface area contributed by atoms with E-state index in [2.05, 4.69) is 15.3 Å². The molecule has 1 heterocycles. The zero-order chi connectivity index (χ0) is 16.2. The van der Waals surface area contributed by atoms with Gasteiger partial charge in [0.05, 0.1) is 17.8 Å². The maximum Gasteiger partial charge on any atom is 0.274 e. The van der Waals surface area contributed by atoms with Crippen LogP contribution in [0.1, 0.15) is 49.9 Å². The highest BCUT2D eigenvalue weighted by molar-refractivity contribution is 6.33. The molecule has 21 heavy (non-hydrogen) atoms. The lowest BCUT2D eigenvalue weighted by Gasteiger charge is -2.18. The standard InChI is InChI=1S/C14H21ClN4O2/c1-8(2)13-16-6-10(15)12(18-13)14(21)19(5)7-11(20)17-9(3)4/h6,8-9H,7H2,1-5H3,(H,17,20). The minimum absolute atomic E-state index is 0.0242. The Balaban J connectivity index is 2.87. The number of carbonyl (C=O) groups is 2. The minimum Gasteiger partial charge on any atom is -0.352 e. The van der Waals surface area contributed by atoms with Gasteiger partial charge in [0.2, 0.25) is 5.91 Å². The van der Waals surface area contributed by atoms with Crippen LogP contribution in [0, 0.1) is 0 Å². The first-order valence-electron chi connectivity index (χ1n) is 6.79. The summed E-state index contributed by atoms with van der Waals surface area (Å²) in [7, 11) is 1.54. The van der Waals surface area contributed by atoms with Gasteiger partial charge < -0.3 is 10.2 Å². The maximum absolute atomic E-state index is 12.3. The number of likely N-dealkylation sites (N-methyl/N-ethyl adjacent to an activating group) is 1. The van der Waals surface area contributed by atoms with Crippen molar-refractivity contribution in [2.75, 3.05) is 13.6 Å². The van der Waals surface area contributed by atoms with Gasteiger partial charge >= 0.3 is 0 Å². The second-order valence-corrected chi connectivity index (χ2v) is 5.87. The van der Waals surface area contributed by atoms with Gasteiger partial charge in [-0.05, 0) is 13.8 Å². The third-order valence-electron chi connectivity index (χ3n) is 2.66. The van der Waals surface area contributed by atoms with Gasteiger partial charge in [0.25, 0.3) is 5.91 Å². The van der Waals surface area contributed by atoms with Gasteiger partial charge in [0, 0.05) is 19.0 Å². The number of carbonyl (C=O) groups excluding carboxylic acids is 2. The Labute approximate surface area is 129 Å². The molecule has 0 aliphatic rings. The van der Waals surface area contributed by atoms with Crippen LogP contribution in [0.5, 0.6) is 0 Å². The molecule has 116 valence electrons. The van der Waals surface area contributed by atoms with Gasteiger partial charge in [-0.2, -0.15) is 0 Å². The van der Waals surface area contributed by atoms with Crippen LogP contribution in [-0.4, -0.2) is 46.3 Å². The largest absolute Gasteiger partial charge is 0.352 e. The summed E-state index contributed by atoms with van der Waals surface area (Å²) in [6.45, 7) is 7.52. The van der Waals surface area contributed by atoms with Crippen molar-refractivity contribution in [1.82, 2.24) is 20.2 Å². The Bertz CT molecular complexity index is 532. The lowest BCUT2D eigenvalue weighted by atomic mass is 10.2. The van der Waals surface area contributed by atoms with Gasteiger partial charge in [-0.1, -0.05) is 25.4 Å². The van der Waals surface area contributed by atoms with Crippen molar-refractivity contribution >= 4 is 23.4 Å². The molecular weight excluding hydrogens is 292 g/mol. The molecule has 0 aliphatic heterocycles. The molecular formula is C14H21ClN4O2. The van der Waals surface area contributed by atoms with Crippen molar-refractivity contribution < 1.29 is 9.59 Å². The molecule has 0 aliphatic carbocycles. The molecule has 0 radical (unpaired) electrons. The van der Waals surface area contributed by atoms with Gasteiger partial charge in [0.1, 0.15) is 5.82 Å². The zero-order valence-corrected chi connectivity index (χ0v) is 13.7. The minimum atomic E-state index is -0.400. The number of amides is 2. The van der Waals surface area contributed by atoms with Gasteiger partial charge in [0.15, 0.2) is 5.69 Å². The predicted octanol–water partition coefficient (Wildman–Crippen LogP) is 1.85. The molecule has 0 spiro atoms. The molecule has 1 aromatic rings. The average molecular weight is 313 g/mol. The van der Waals surface area contributed by atoms with Crippen LogP contribution < -0.4 is 5.32 Å². The first-order chi connectivity index (χ1) is 9.72. The molecule has 1 aromatic heterocycles. The quantitative estimate of drug-likeness (QED) is 0.900. The summed E-state index contributed by atoms with van der Waals surface area (Å²) in [6.07, 6.45) is 1.42. The molecule has 1 N–H and O–H groups in total. The summed E-state index contributed by atoms with van der Waals surface area (Å²) in [5.41, 5.74) is 0.121. The second kappa shape index (κ2) is 7.36. The summed E-state index contributed by atoms with van der Waals surface area (Å²) in [6, 6.07) is 0.0242. The van der Waals surface area contributed by atoms with Gasteiger partial charge in [-0.25, -0.2) is 9.97 Å². The van der Waals surface area contributed by atoms with Crippen LogP contribution in [-0.2, 0) is 4.79 Å². The van der Waals surface area contributed by atoms with Crippen molar-refractivity contribution in [1.29, 1.82) is 0 Å². The summed E-state index contributed by atoms with van der Waals surface area (Å²) in [5, 5.41) is 2.91. The fourth-order valence-corrected chi connectivity index (χ4v) is 1.82. The van der Waals surface area contributed by atoms with Crippen LogP contribution in [0.3, 0.4) is 0 Å². The van der Waals surface area contributed by atoms with Crippen LogP contribution in [0.2, 0.25) is 5.02 Å². The first kappa shape index (κ1) is 17.4. The summed E-state index contributed by atoms with van der Waals surface area (Å²) < 4.78 is 0. The molecule has 1 rings (SSSR count). The van der Waals surface area contributed by atoms with Crippen molar-refractivity contribution in [2.24, 2.45) is 0 Å². The fourth-order valence-electron chi connectivity index (χ4n) is 1.64. The maximum atomic E-state index is 12.3. The Hall–Kier alpha value is -1.69. The van der Waals surface area contributed by atoms with Gasteiger partial charge in [-0.3, -0.25) is 9.59 Å². The van der Waals surface area contributed by atoms with Crippen LogP contribution in [0.15, 0.2) is 6.20 Å². The van der Waals surface area contributed by atoms with E-state index in [1.807, 2.05) is 27.7 Å². The number of hydrogen-bond acceptors (Lipinski definition) is 4. The van der Waals surface area contributed by atoms with E-state index in [9.17, 15) is 9.59 Å². The third-order valence-corrected chi connectivity index (χ3v) is 2.94. The Morgan fingerprint density at radius 1 is 1.33 bits per heavy atom. The van der Waals surface area contributed by atoms with Crippen molar-refractivity contribution in [3.8, 4) is 0 Å². The van der Waals surface area contributed by atoms with Crippen molar-refractivity contribution in [2.45, 2.75) is 39.7 Å². The first-order valence-corrected chi connectivity index (χ1v) is 7.17. The molecule has 0 bridgehead atoms. The number of halogens is 1. The number of hydrogen-bond donors (Lipinski definition) is 1. The normalized spacial score (nSPS) is 10.9. The zero-order valence-electron chi connectivity index (χ0n) is 13.0. The molecule has 0 atom stereocenters. The SMILES string of the molecule is CC(C)NC(=O)CN(C)C(=O)c1nc(C(C)C)ncc1Cl. The summed E-state index contributed by atoms with van der Waals surface area (Å²) in [5.74, 6) is 0.00413. The highest BCUT2D eigenvalue weighted by Gasteiger charge is 2.21. The number of rotatable bonds is 5. The van der Waals surface area contributed by atoms with E-state index < -0.39 is 5.91 Å². The third kappa shape index (κ3) is 4.97. The molecule has 0 saturated heterocycles. The predicted molar refractivity (Wildman–Crippen MR) is 81.4 cm³/mol. The summed E-state index contributed by atoms with van der Waals surface area (Å²) >= 11 is 5.99. The Morgan fingerprint density at radius 3 is 2.48 bits per heavy atom. The topological polar surface area (TPSA) is 75.2 Å². The van der Waals surface area contributed by atoms with E-state index in [0.717, 1.165) is 0 Å². The molecule has 0 unspecified atom stereocenters. The Morgan fingerprint density at radius 2 is 1.95 bits per heavy atom.